The third kappa shape index (κ3) is 4.10. The maximum atomic E-state index is 14.0. The fourth-order valence-electron chi connectivity index (χ4n) is 3.25. The molecule has 0 aromatic heterocycles. The molecule has 1 N–H and O–H groups in total. The van der Waals surface area contributed by atoms with Crippen LogP contribution in [0.5, 0.6) is 0 Å². The minimum atomic E-state index is -4.18. The summed E-state index contributed by atoms with van der Waals surface area (Å²) in [4.78, 5) is 12.4. The number of nitrogens with one attached hydrogen (secondary N) is 1. The van der Waals surface area contributed by atoms with E-state index in [9.17, 15) is 17.8 Å². The maximum Gasteiger partial charge on any atom is 0.360 e. The Bertz CT molecular complexity index is 1120. The molecular formula is C20H21BrNO6PS. The minimum Gasteiger partial charge on any atom is -0.307 e. The van der Waals surface area contributed by atoms with Crippen LogP contribution in [-0.2, 0) is 28.9 Å². The smallest absolute Gasteiger partial charge is 0.307 e. The van der Waals surface area contributed by atoms with Gasteiger partial charge in [0.15, 0.2) is 11.1 Å². The zero-order valence-corrected chi connectivity index (χ0v) is 19.7. The Hall–Kier alpha value is -1.61. The van der Waals surface area contributed by atoms with Crippen LogP contribution in [0, 0.1) is 0 Å². The maximum absolute atomic E-state index is 14.0. The second-order valence-electron chi connectivity index (χ2n) is 6.40. The molecule has 3 rings (SSSR count). The number of hydrogen-bond donors (Lipinski definition) is 1. The lowest BCUT2D eigenvalue weighted by Gasteiger charge is -2.39. The quantitative estimate of drug-likeness (QED) is 0.518. The predicted octanol–water partition coefficient (Wildman–Crippen LogP) is 4.60. The molecule has 160 valence electrons. The summed E-state index contributed by atoms with van der Waals surface area (Å²) in [6.45, 7) is 3.30. The van der Waals surface area contributed by atoms with Crippen LogP contribution >= 0.6 is 23.5 Å². The Morgan fingerprint density at radius 3 is 2.23 bits per heavy atom. The first-order valence-corrected chi connectivity index (χ1v) is 13.0. The summed E-state index contributed by atoms with van der Waals surface area (Å²) in [7, 11) is -8.33. The van der Waals surface area contributed by atoms with Crippen molar-refractivity contribution in [2.45, 2.75) is 24.0 Å². The second kappa shape index (κ2) is 8.86. The molecule has 30 heavy (non-hydrogen) atoms. The zero-order chi connectivity index (χ0) is 22.0. The van der Waals surface area contributed by atoms with Gasteiger partial charge in [0.05, 0.1) is 18.1 Å². The van der Waals surface area contributed by atoms with E-state index in [1.165, 1.54) is 24.3 Å². The summed E-state index contributed by atoms with van der Waals surface area (Å²) >= 11 is 3.27. The minimum absolute atomic E-state index is 0.0169. The molecule has 10 heteroatoms. The number of carbonyl (C=O) groups is 1. The summed E-state index contributed by atoms with van der Waals surface area (Å²) in [6.07, 6.45) is 2.46. The molecule has 0 fully saturated rings. The molecule has 1 aliphatic rings. The molecule has 0 aliphatic heterocycles. The number of allylic oxidation sites excluding steroid dienone is 1. The number of benzene rings is 2. The summed E-state index contributed by atoms with van der Waals surface area (Å²) in [6, 6.07) is 12.4. The lowest BCUT2D eigenvalue weighted by atomic mass is 9.92. The van der Waals surface area contributed by atoms with E-state index < -0.39 is 22.9 Å². The summed E-state index contributed by atoms with van der Waals surface area (Å²) in [5, 5.41) is -1.91. The first-order chi connectivity index (χ1) is 14.2. The van der Waals surface area contributed by atoms with Crippen molar-refractivity contribution in [3.63, 3.8) is 0 Å². The van der Waals surface area contributed by atoms with Crippen LogP contribution < -0.4 is 4.72 Å². The topological polar surface area (TPSA) is 98.8 Å². The number of halogens is 1. The van der Waals surface area contributed by atoms with Crippen LogP contribution in [0.15, 0.2) is 70.1 Å². The lowest BCUT2D eigenvalue weighted by Crippen LogP contribution is -2.47. The molecule has 1 unspecified atom stereocenters. The van der Waals surface area contributed by atoms with Crippen LogP contribution in [0.4, 0.5) is 0 Å². The van der Waals surface area contributed by atoms with Crippen molar-refractivity contribution in [3.05, 3.63) is 76.3 Å². The van der Waals surface area contributed by atoms with Crippen molar-refractivity contribution in [3.8, 4) is 0 Å². The van der Waals surface area contributed by atoms with Crippen LogP contribution in [0.25, 0.3) is 0 Å². The van der Waals surface area contributed by atoms with Gasteiger partial charge < -0.3 is 9.05 Å². The number of carbonyl (C=O) groups excluding carboxylic acids is 1. The van der Waals surface area contributed by atoms with Gasteiger partial charge in [-0.25, -0.2) is 8.42 Å². The van der Waals surface area contributed by atoms with Gasteiger partial charge in [-0.2, -0.15) is 4.72 Å². The van der Waals surface area contributed by atoms with E-state index in [1.54, 1.807) is 50.2 Å². The van der Waals surface area contributed by atoms with E-state index in [0.717, 1.165) is 0 Å². The third-order valence-corrected chi connectivity index (χ3v) is 9.25. The van der Waals surface area contributed by atoms with Crippen molar-refractivity contribution in [2.75, 3.05) is 13.2 Å². The van der Waals surface area contributed by atoms with Crippen LogP contribution in [0.2, 0.25) is 0 Å². The first kappa shape index (κ1) is 23.1. The molecule has 0 amide bonds. The molecule has 2 aromatic rings. The van der Waals surface area contributed by atoms with E-state index >= 15 is 0 Å². The monoisotopic (exact) mass is 513 g/mol. The molecule has 0 saturated heterocycles. The largest absolute Gasteiger partial charge is 0.360 e. The van der Waals surface area contributed by atoms with Gasteiger partial charge in [-0.1, -0.05) is 40.2 Å². The van der Waals surface area contributed by atoms with E-state index in [4.69, 9.17) is 9.05 Å². The molecule has 1 atom stereocenters. The van der Waals surface area contributed by atoms with E-state index in [0.29, 0.717) is 4.47 Å². The number of hydrogen-bond acceptors (Lipinski definition) is 6. The van der Waals surface area contributed by atoms with Crippen molar-refractivity contribution in [2.24, 2.45) is 0 Å². The SMILES string of the molecule is CCOP(=O)(OCC)C1(NS(=O)(=O)c2ccc(Br)cc2)C=CC(=O)c2ccccc21. The Morgan fingerprint density at radius 2 is 1.63 bits per heavy atom. The first-order valence-electron chi connectivity index (χ1n) is 9.21. The van der Waals surface area contributed by atoms with Gasteiger partial charge in [-0.05, 0) is 50.3 Å². The molecule has 0 spiro atoms. The van der Waals surface area contributed by atoms with Gasteiger partial charge >= 0.3 is 7.60 Å². The fourth-order valence-corrected chi connectivity index (χ4v) is 7.43. The number of sulfonamides is 1. The van der Waals surface area contributed by atoms with Gasteiger partial charge in [-0.3, -0.25) is 9.36 Å². The number of ketones is 1. The van der Waals surface area contributed by atoms with Gasteiger partial charge in [-0.15, -0.1) is 0 Å². The predicted molar refractivity (Wildman–Crippen MR) is 117 cm³/mol. The number of fused-ring (bicyclic) bond motifs is 1. The highest BCUT2D eigenvalue weighted by molar-refractivity contribution is 9.10. The molecule has 7 nitrogen and oxygen atoms in total. The summed E-state index contributed by atoms with van der Waals surface area (Å²) in [5.74, 6) is -0.330. The van der Waals surface area contributed by atoms with Gasteiger partial charge in [0.1, 0.15) is 0 Å². The normalized spacial score (nSPS) is 19.0. The second-order valence-corrected chi connectivity index (χ2v) is 11.2. The summed E-state index contributed by atoms with van der Waals surface area (Å²) in [5.41, 5.74) is 0.432. The van der Waals surface area contributed by atoms with Crippen LogP contribution in [0.3, 0.4) is 0 Å². The molecule has 0 saturated carbocycles. The van der Waals surface area contributed by atoms with Crippen molar-refractivity contribution < 1.29 is 26.8 Å². The summed E-state index contributed by atoms with van der Waals surface area (Å²) < 4.78 is 54.9. The molecule has 2 aromatic carbocycles. The van der Waals surface area contributed by atoms with Crippen LogP contribution in [0.1, 0.15) is 29.8 Å². The average molecular weight is 514 g/mol. The standard InChI is InChI=1S/C20H21BrNO6PS/c1-3-27-29(24,28-4-2)20(14-13-19(23)17-7-5-6-8-18(17)20)22-30(25,26)16-11-9-15(21)10-12-16/h5-14,22H,3-4H2,1-2H3. The molecule has 1 aliphatic carbocycles. The highest BCUT2D eigenvalue weighted by Crippen LogP contribution is 2.65. The Morgan fingerprint density at radius 1 is 1.03 bits per heavy atom. The molecule has 0 heterocycles. The molecular weight excluding hydrogens is 493 g/mol. The highest BCUT2D eigenvalue weighted by Gasteiger charge is 2.55. The van der Waals surface area contributed by atoms with Gasteiger partial charge in [0, 0.05) is 15.6 Å². The van der Waals surface area contributed by atoms with Crippen molar-refractivity contribution >= 4 is 39.3 Å². The third-order valence-electron chi connectivity index (χ3n) is 4.52. The van der Waals surface area contributed by atoms with Crippen LogP contribution in [-0.4, -0.2) is 27.4 Å². The molecule has 0 bridgehead atoms. The fraction of sp³-hybridized carbons (Fsp3) is 0.250. The van der Waals surface area contributed by atoms with E-state index in [2.05, 4.69) is 20.7 Å². The van der Waals surface area contributed by atoms with Crippen molar-refractivity contribution in [1.82, 2.24) is 4.72 Å². The Balaban J connectivity index is 2.26. The Labute approximate surface area is 184 Å². The zero-order valence-electron chi connectivity index (χ0n) is 16.4. The average Bonchev–Trinajstić information content (AvgIpc) is 2.71. The van der Waals surface area contributed by atoms with Gasteiger partial charge in [0.2, 0.25) is 10.0 Å². The Kier molecular flexibility index (Phi) is 6.81. The van der Waals surface area contributed by atoms with E-state index in [1.807, 2.05) is 0 Å². The van der Waals surface area contributed by atoms with Crippen molar-refractivity contribution in [1.29, 1.82) is 0 Å². The highest BCUT2D eigenvalue weighted by atomic mass is 79.9. The lowest BCUT2D eigenvalue weighted by molar-refractivity contribution is 0.104. The molecule has 0 radical (unpaired) electrons. The number of rotatable bonds is 8. The van der Waals surface area contributed by atoms with Gasteiger partial charge in [0.25, 0.3) is 0 Å². The van der Waals surface area contributed by atoms with E-state index in [-0.39, 0.29) is 35.0 Å².